The summed E-state index contributed by atoms with van der Waals surface area (Å²) >= 11 is 1.00. The summed E-state index contributed by atoms with van der Waals surface area (Å²) in [5, 5.41) is 25.8. The highest BCUT2D eigenvalue weighted by molar-refractivity contribution is 8.00. The Kier molecular flexibility index (Phi) is 11.8. The number of hydrogen-bond donors (Lipinski definition) is 5. The van der Waals surface area contributed by atoms with Gasteiger partial charge in [-0.15, -0.1) is 0 Å². The second kappa shape index (κ2) is 15.8. The smallest absolute Gasteiger partial charge is 0.336 e. The number of carboxylic acids is 1. The molecule has 2 aromatic carbocycles. The summed E-state index contributed by atoms with van der Waals surface area (Å²) in [4.78, 5) is 87.1. The van der Waals surface area contributed by atoms with Gasteiger partial charge in [-0.2, -0.15) is 11.8 Å². The van der Waals surface area contributed by atoms with Crippen molar-refractivity contribution < 1.29 is 43.4 Å². The van der Waals surface area contributed by atoms with Crippen molar-refractivity contribution in [3.8, 4) is 28.2 Å². The van der Waals surface area contributed by atoms with E-state index in [1.165, 1.54) is 62.4 Å². The molecule has 0 saturated carbocycles. The number of carbonyl (C=O) groups excluding carboxylic acids is 5. The number of nitrogens with one attached hydrogen (secondary N) is 2. The van der Waals surface area contributed by atoms with Gasteiger partial charge >= 0.3 is 5.97 Å². The maximum Gasteiger partial charge on any atom is 0.336 e. The normalized spacial score (nSPS) is 13.1. The van der Waals surface area contributed by atoms with E-state index in [4.69, 9.17) is 10.2 Å². The largest absolute Gasteiger partial charge is 0.508 e. The van der Waals surface area contributed by atoms with Gasteiger partial charge in [-0.25, -0.2) is 4.79 Å². The van der Waals surface area contributed by atoms with Crippen molar-refractivity contribution in [1.82, 2.24) is 10.6 Å². The fraction of sp³-hybridized carbons (Fsp3) is 0.306. The lowest BCUT2D eigenvalue weighted by atomic mass is 9.89. The number of aromatic carboxylic acids is 1. The molecule has 0 fully saturated rings. The average molecular weight is 704 g/mol. The quantitative estimate of drug-likeness (QED) is 0.0888. The zero-order valence-corrected chi connectivity index (χ0v) is 28.6. The molecular formula is C36H37N3O10S. The molecule has 6 N–H and O–H groups in total. The van der Waals surface area contributed by atoms with Crippen molar-refractivity contribution in [2.75, 3.05) is 11.5 Å². The standard InChI is InChI=1S/C36H37N3O10S/c1-17(2)34(45)38-19(4)28(42)11-18(3)35(46)39-27(33(37)44)15-50-16-29(43)20-5-8-23(26(12-20)36(47)48)32-24-9-6-21(40)13-30(24)49-31-14-22(41)7-10-25(31)32/h5-10,12-14,17-19,27,40H,11,15-16H2,1-4H3,(H2,37,44)(H,38,45)(H,39,46)(H,47,48)/t18-,19+,27+/m1/s1. The number of amides is 3. The van der Waals surface area contributed by atoms with Gasteiger partial charge in [0.25, 0.3) is 0 Å². The van der Waals surface area contributed by atoms with Gasteiger partial charge in [-0.1, -0.05) is 32.9 Å². The molecule has 1 heterocycles. The summed E-state index contributed by atoms with van der Waals surface area (Å²) in [6.45, 7) is 6.41. The van der Waals surface area contributed by atoms with Crippen LogP contribution in [-0.2, 0) is 19.2 Å². The highest BCUT2D eigenvalue weighted by Gasteiger charge is 2.27. The molecule has 4 rings (SSSR count). The Morgan fingerprint density at radius 3 is 2.24 bits per heavy atom. The third-order valence-electron chi connectivity index (χ3n) is 8.02. The van der Waals surface area contributed by atoms with Crippen molar-refractivity contribution in [2.45, 2.75) is 46.2 Å². The van der Waals surface area contributed by atoms with E-state index in [2.05, 4.69) is 10.6 Å². The van der Waals surface area contributed by atoms with Crippen molar-refractivity contribution in [3.63, 3.8) is 0 Å². The van der Waals surface area contributed by atoms with Crippen LogP contribution in [0.5, 0.6) is 5.75 Å². The highest BCUT2D eigenvalue weighted by atomic mass is 32.2. The molecule has 0 saturated heterocycles. The van der Waals surface area contributed by atoms with E-state index in [1.807, 2.05) is 0 Å². The van der Waals surface area contributed by atoms with Crippen LogP contribution in [0.25, 0.3) is 33.4 Å². The highest BCUT2D eigenvalue weighted by Crippen LogP contribution is 2.42. The van der Waals surface area contributed by atoms with Gasteiger partial charge in [-0.05, 0) is 42.8 Å². The lowest BCUT2D eigenvalue weighted by molar-refractivity contribution is -0.133. The number of ketones is 2. The van der Waals surface area contributed by atoms with Crippen LogP contribution in [0.3, 0.4) is 0 Å². The van der Waals surface area contributed by atoms with E-state index < -0.39 is 41.6 Å². The Balaban J connectivity index is 1.47. The molecule has 0 bridgehead atoms. The number of Topliss-reactive ketones (excluding diaryl/α,β-unsaturated/α-hetero) is 2. The van der Waals surface area contributed by atoms with Gasteiger partial charge in [0.2, 0.25) is 17.7 Å². The Morgan fingerprint density at radius 2 is 1.58 bits per heavy atom. The lowest BCUT2D eigenvalue weighted by Gasteiger charge is -2.20. The summed E-state index contributed by atoms with van der Waals surface area (Å²) in [7, 11) is 0. The third kappa shape index (κ3) is 8.74. The van der Waals surface area contributed by atoms with Crippen LogP contribution in [0, 0.1) is 11.8 Å². The molecule has 0 unspecified atom stereocenters. The molecular weight excluding hydrogens is 666 g/mol. The molecule has 0 spiro atoms. The number of carboxylic acid groups (broad SMARTS) is 1. The Bertz CT molecular complexity index is 2020. The summed E-state index contributed by atoms with van der Waals surface area (Å²) in [6.07, 6.45) is -0.185. The van der Waals surface area contributed by atoms with Crippen LogP contribution >= 0.6 is 11.8 Å². The van der Waals surface area contributed by atoms with Crippen molar-refractivity contribution in [2.24, 2.45) is 17.6 Å². The number of aromatic hydroxyl groups is 1. The Labute approximate surface area is 290 Å². The Morgan fingerprint density at radius 1 is 0.880 bits per heavy atom. The number of phenolic OH excluding ortho intramolecular Hbond substituents is 1. The van der Waals surface area contributed by atoms with E-state index in [9.17, 15) is 43.8 Å². The van der Waals surface area contributed by atoms with Crippen LogP contribution in [0.15, 0.2) is 63.8 Å². The second-order valence-electron chi connectivity index (χ2n) is 12.2. The molecule has 1 aliphatic heterocycles. The number of thioether (sulfide) groups is 1. The predicted octanol–water partition coefficient (Wildman–Crippen LogP) is 3.61. The number of nitrogens with two attached hydrogens (primary N) is 1. The number of phenols is 1. The summed E-state index contributed by atoms with van der Waals surface area (Å²) in [5.74, 6) is -5.18. The predicted molar refractivity (Wildman–Crippen MR) is 187 cm³/mol. The number of benzene rings is 3. The van der Waals surface area contributed by atoms with Crippen LogP contribution < -0.4 is 21.8 Å². The zero-order valence-electron chi connectivity index (χ0n) is 27.8. The summed E-state index contributed by atoms with van der Waals surface area (Å²) in [5.41, 5.74) is 6.39. The monoisotopic (exact) mass is 703 g/mol. The van der Waals surface area contributed by atoms with E-state index in [1.54, 1.807) is 19.9 Å². The molecule has 13 nitrogen and oxygen atoms in total. The first kappa shape index (κ1) is 37.3. The lowest BCUT2D eigenvalue weighted by Crippen LogP contribution is -2.48. The van der Waals surface area contributed by atoms with Crippen LogP contribution in [0.2, 0.25) is 0 Å². The molecule has 2 aliphatic rings. The number of fused-ring (bicyclic) bond motifs is 2. The molecule has 3 atom stereocenters. The minimum atomic E-state index is -1.32. The molecule has 0 aromatic heterocycles. The van der Waals surface area contributed by atoms with Gasteiger partial charge in [0.15, 0.2) is 17.0 Å². The van der Waals surface area contributed by atoms with Crippen molar-refractivity contribution in [3.05, 3.63) is 75.9 Å². The van der Waals surface area contributed by atoms with Crippen LogP contribution in [-0.4, -0.2) is 69.1 Å². The van der Waals surface area contributed by atoms with E-state index >= 15 is 0 Å². The fourth-order valence-corrected chi connectivity index (χ4v) is 6.11. The van der Waals surface area contributed by atoms with Gasteiger partial charge in [0.1, 0.15) is 23.1 Å². The topological polar surface area (TPSA) is 223 Å². The maximum atomic E-state index is 13.2. The molecule has 2 aromatic rings. The van der Waals surface area contributed by atoms with Gasteiger partial charge in [0, 0.05) is 58.2 Å². The Hall–Kier alpha value is -5.50. The van der Waals surface area contributed by atoms with Gasteiger partial charge in [-0.3, -0.25) is 28.8 Å². The number of carbonyl (C=O) groups is 6. The number of rotatable bonds is 15. The minimum absolute atomic E-state index is 0.0712. The van der Waals surface area contributed by atoms with Gasteiger partial charge < -0.3 is 31.0 Å². The van der Waals surface area contributed by atoms with E-state index in [0.717, 1.165) is 11.8 Å². The third-order valence-corrected chi connectivity index (χ3v) is 9.05. The summed E-state index contributed by atoms with van der Waals surface area (Å²) < 4.78 is 5.84. The molecule has 262 valence electrons. The van der Waals surface area contributed by atoms with Crippen LogP contribution in [0.4, 0.5) is 0 Å². The fourth-order valence-electron chi connectivity index (χ4n) is 5.16. The van der Waals surface area contributed by atoms with Gasteiger partial charge in [0.05, 0.1) is 17.4 Å². The molecule has 50 heavy (non-hydrogen) atoms. The maximum absolute atomic E-state index is 13.2. The first-order valence-corrected chi connectivity index (χ1v) is 16.8. The summed E-state index contributed by atoms with van der Waals surface area (Å²) in [6, 6.07) is 10.7. The molecule has 1 aliphatic carbocycles. The molecule has 3 amide bonds. The minimum Gasteiger partial charge on any atom is -0.508 e. The molecule has 0 radical (unpaired) electrons. The average Bonchev–Trinajstić information content (AvgIpc) is 3.05. The first-order chi connectivity index (χ1) is 23.6. The number of primary amides is 1. The van der Waals surface area contributed by atoms with Crippen molar-refractivity contribution >= 4 is 58.0 Å². The SMILES string of the molecule is CC(C)C(=O)N[C@@H](C)C(=O)C[C@@H](C)C(=O)N[C@@H](CSCC(=O)c1ccc(-c2c3ccc(=O)cc-3oc3cc(O)ccc23)c(C(=O)O)c1)C(N)=O. The van der Waals surface area contributed by atoms with Crippen molar-refractivity contribution in [1.29, 1.82) is 0 Å². The first-order valence-electron chi connectivity index (χ1n) is 15.7. The van der Waals surface area contributed by atoms with Crippen LogP contribution in [0.1, 0.15) is 54.8 Å². The number of hydrogen-bond acceptors (Lipinski definition) is 10. The molecule has 14 heteroatoms. The van der Waals surface area contributed by atoms with E-state index in [0.29, 0.717) is 16.5 Å². The van der Waals surface area contributed by atoms with E-state index in [-0.39, 0.29) is 74.7 Å². The zero-order chi connectivity index (χ0) is 36.9. The second-order valence-corrected chi connectivity index (χ2v) is 13.3.